The third-order valence-corrected chi connectivity index (χ3v) is 3.27. The van der Waals surface area contributed by atoms with Gasteiger partial charge in [-0.2, -0.15) is 5.10 Å². The molecule has 2 aromatic carbocycles. The molecule has 2 aromatic rings. The molecular weight excluding hydrogens is 234 g/mol. The minimum Gasteiger partial charge on any atom is -0.326 e. The van der Waals surface area contributed by atoms with Crippen LogP contribution in [0.5, 0.6) is 0 Å². The van der Waals surface area contributed by atoms with E-state index in [9.17, 15) is 0 Å². The Bertz CT molecular complexity index is 654. The topological polar surface area (TPSA) is 50.4 Å². The van der Waals surface area contributed by atoms with Crippen molar-refractivity contribution >= 4 is 11.4 Å². The lowest BCUT2D eigenvalue weighted by molar-refractivity contribution is 0.977. The summed E-state index contributed by atoms with van der Waals surface area (Å²) in [5, 5.41) is 4.41. The van der Waals surface area contributed by atoms with Crippen molar-refractivity contribution in [2.45, 2.75) is 6.54 Å². The molecule has 0 aromatic heterocycles. The van der Waals surface area contributed by atoms with Crippen molar-refractivity contribution in [1.82, 2.24) is 5.43 Å². The van der Waals surface area contributed by atoms with E-state index in [-0.39, 0.29) is 0 Å². The van der Waals surface area contributed by atoms with E-state index in [0.29, 0.717) is 6.54 Å². The summed E-state index contributed by atoms with van der Waals surface area (Å²) >= 11 is 0. The number of hydrazone groups is 1. The maximum atomic E-state index is 5.62. The molecule has 0 amide bonds. The lowest BCUT2D eigenvalue weighted by Crippen LogP contribution is -2.19. The van der Waals surface area contributed by atoms with E-state index in [1.807, 2.05) is 42.5 Å². The van der Waals surface area contributed by atoms with Crippen molar-refractivity contribution in [3.8, 4) is 0 Å². The Morgan fingerprint density at radius 3 is 2.37 bits per heavy atom. The summed E-state index contributed by atoms with van der Waals surface area (Å²) in [5.41, 5.74) is 14.8. The molecule has 3 heteroatoms. The van der Waals surface area contributed by atoms with Crippen molar-refractivity contribution in [3.63, 3.8) is 0 Å². The van der Waals surface area contributed by atoms with Gasteiger partial charge in [-0.05, 0) is 5.56 Å². The molecule has 0 atom stereocenters. The van der Waals surface area contributed by atoms with Crippen LogP contribution in [-0.4, -0.2) is 5.71 Å². The van der Waals surface area contributed by atoms with Crippen molar-refractivity contribution in [2.75, 3.05) is 0 Å². The van der Waals surface area contributed by atoms with Crippen LogP contribution in [0.1, 0.15) is 22.3 Å². The highest BCUT2D eigenvalue weighted by Crippen LogP contribution is 2.23. The number of benzene rings is 2. The average molecular weight is 249 g/mol. The second kappa shape index (κ2) is 4.71. The van der Waals surface area contributed by atoms with Gasteiger partial charge in [0.15, 0.2) is 0 Å². The fraction of sp³-hybridized carbons (Fsp3) is 0.0625. The zero-order valence-corrected chi connectivity index (χ0v) is 10.6. The van der Waals surface area contributed by atoms with Crippen LogP contribution < -0.4 is 11.2 Å². The van der Waals surface area contributed by atoms with Gasteiger partial charge in [0.25, 0.3) is 0 Å². The van der Waals surface area contributed by atoms with E-state index in [2.05, 4.69) is 23.2 Å². The Morgan fingerprint density at radius 1 is 1.00 bits per heavy atom. The first-order valence-corrected chi connectivity index (χ1v) is 6.21. The highest BCUT2D eigenvalue weighted by molar-refractivity contribution is 6.16. The molecule has 0 saturated heterocycles. The SMILES string of the molecule is C=C1NN=C(c2ccc(CN)cc2)c2ccccc21. The fourth-order valence-electron chi connectivity index (χ4n) is 2.22. The summed E-state index contributed by atoms with van der Waals surface area (Å²) < 4.78 is 0. The molecule has 0 radical (unpaired) electrons. The molecular formula is C16H15N3. The van der Waals surface area contributed by atoms with Gasteiger partial charge < -0.3 is 5.73 Å². The van der Waals surface area contributed by atoms with E-state index in [4.69, 9.17) is 5.73 Å². The van der Waals surface area contributed by atoms with Crippen LogP contribution in [0.2, 0.25) is 0 Å². The lowest BCUT2D eigenvalue weighted by Gasteiger charge is -2.19. The highest BCUT2D eigenvalue weighted by Gasteiger charge is 2.17. The van der Waals surface area contributed by atoms with Gasteiger partial charge in [-0.25, -0.2) is 0 Å². The number of nitrogens with zero attached hydrogens (tertiary/aromatic N) is 1. The highest BCUT2D eigenvalue weighted by atomic mass is 15.3. The summed E-state index contributed by atoms with van der Waals surface area (Å²) in [6.45, 7) is 4.53. The molecule has 0 saturated carbocycles. The molecule has 0 unspecified atom stereocenters. The minimum absolute atomic E-state index is 0.554. The first-order chi connectivity index (χ1) is 9.29. The summed E-state index contributed by atoms with van der Waals surface area (Å²) in [7, 11) is 0. The maximum absolute atomic E-state index is 5.62. The van der Waals surface area contributed by atoms with Gasteiger partial charge in [-0.1, -0.05) is 55.1 Å². The number of rotatable bonds is 2. The van der Waals surface area contributed by atoms with Gasteiger partial charge in [0, 0.05) is 23.2 Å². The molecule has 0 spiro atoms. The molecule has 1 aliphatic heterocycles. The standard InChI is InChI=1S/C16H15N3/c1-11-14-4-2-3-5-15(14)16(19-18-11)13-8-6-12(10-17)7-9-13/h2-9,18H,1,10,17H2. The number of nitrogens with one attached hydrogen (secondary N) is 1. The van der Waals surface area contributed by atoms with Crippen molar-refractivity contribution < 1.29 is 0 Å². The number of hydrogen-bond donors (Lipinski definition) is 2. The predicted molar refractivity (Wildman–Crippen MR) is 78.6 cm³/mol. The van der Waals surface area contributed by atoms with Crippen LogP contribution >= 0.6 is 0 Å². The molecule has 0 bridgehead atoms. The predicted octanol–water partition coefficient (Wildman–Crippen LogP) is 2.47. The summed E-state index contributed by atoms with van der Waals surface area (Å²) in [6.07, 6.45) is 0. The largest absolute Gasteiger partial charge is 0.326 e. The van der Waals surface area contributed by atoms with Gasteiger partial charge in [0.1, 0.15) is 0 Å². The van der Waals surface area contributed by atoms with Crippen LogP contribution in [0.4, 0.5) is 0 Å². The van der Waals surface area contributed by atoms with Gasteiger partial charge in [0.05, 0.1) is 11.4 Å². The molecule has 1 aliphatic rings. The lowest BCUT2D eigenvalue weighted by atomic mass is 9.94. The molecule has 0 fully saturated rings. The Kier molecular flexibility index (Phi) is 2.89. The van der Waals surface area contributed by atoms with E-state index in [1.165, 1.54) is 0 Å². The van der Waals surface area contributed by atoms with Crippen LogP contribution in [0.3, 0.4) is 0 Å². The fourth-order valence-corrected chi connectivity index (χ4v) is 2.22. The van der Waals surface area contributed by atoms with Crippen LogP contribution in [-0.2, 0) is 6.54 Å². The molecule has 94 valence electrons. The first kappa shape index (κ1) is 11.7. The normalized spacial score (nSPS) is 13.5. The van der Waals surface area contributed by atoms with Crippen LogP contribution in [0, 0.1) is 0 Å². The van der Waals surface area contributed by atoms with E-state index >= 15 is 0 Å². The third kappa shape index (κ3) is 2.04. The van der Waals surface area contributed by atoms with Gasteiger partial charge in [-0.3, -0.25) is 5.43 Å². The number of hydrogen-bond acceptors (Lipinski definition) is 3. The Morgan fingerprint density at radius 2 is 1.68 bits per heavy atom. The first-order valence-electron chi connectivity index (χ1n) is 6.21. The van der Waals surface area contributed by atoms with E-state index in [0.717, 1.165) is 33.7 Å². The second-order valence-electron chi connectivity index (χ2n) is 4.50. The monoisotopic (exact) mass is 249 g/mol. The number of nitrogens with two attached hydrogens (primary N) is 1. The van der Waals surface area contributed by atoms with E-state index < -0.39 is 0 Å². The Hall–Kier alpha value is -2.39. The molecule has 0 aliphatic carbocycles. The molecule has 3 N–H and O–H groups in total. The second-order valence-corrected chi connectivity index (χ2v) is 4.50. The maximum Gasteiger partial charge on any atom is 0.0984 e. The van der Waals surface area contributed by atoms with Crippen molar-refractivity contribution in [2.24, 2.45) is 10.8 Å². The quantitative estimate of drug-likeness (QED) is 0.859. The molecule has 3 rings (SSSR count). The summed E-state index contributed by atoms with van der Waals surface area (Å²) in [6, 6.07) is 16.3. The van der Waals surface area contributed by atoms with Gasteiger partial charge in [-0.15, -0.1) is 0 Å². The molecule has 19 heavy (non-hydrogen) atoms. The smallest absolute Gasteiger partial charge is 0.0984 e. The third-order valence-electron chi connectivity index (χ3n) is 3.27. The van der Waals surface area contributed by atoms with Crippen molar-refractivity contribution in [1.29, 1.82) is 0 Å². The van der Waals surface area contributed by atoms with Gasteiger partial charge in [0.2, 0.25) is 0 Å². The number of fused-ring (bicyclic) bond motifs is 1. The van der Waals surface area contributed by atoms with Crippen LogP contribution in [0.25, 0.3) is 5.70 Å². The van der Waals surface area contributed by atoms with Crippen molar-refractivity contribution in [3.05, 3.63) is 77.4 Å². The zero-order chi connectivity index (χ0) is 13.2. The van der Waals surface area contributed by atoms with E-state index in [1.54, 1.807) is 0 Å². The zero-order valence-electron chi connectivity index (χ0n) is 10.6. The minimum atomic E-state index is 0.554. The Labute approximate surface area is 112 Å². The molecule has 1 heterocycles. The average Bonchev–Trinajstić information content (AvgIpc) is 2.48. The van der Waals surface area contributed by atoms with Crippen LogP contribution in [0.15, 0.2) is 60.2 Å². The Balaban J connectivity index is 2.08. The molecule has 3 nitrogen and oxygen atoms in total. The summed E-state index contributed by atoms with van der Waals surface area (Å²) in [4.78, 5) is 0. The van der Waals surface area contributed by atoms with Gasteiger partial charge >= 0.3 is 0 Å². The summed E-state index contributed by atoms with van der Waals surface area (Å²) in [5.74, 6) is 0.